The number of carbonyl (C=O) groups is 1. The predicted molar refractivity (Wildman–Crippen MR) is 108 cm³/mol. The highest BCUT2D eigenvalue weighted by molar-refractivity contribution is 8.00. The number of benzene rings is 1. The van der Waals surface area contributed by atoms with Gasteiger partial charge < -0.3 is 23.9 Å². The SMILES string of the molecule is COc1ccccc1OC(C)c1nnc(SC(C)C(=O)Nc2cc(C)on2)n1C. The number of aryl methyl sites for hydroxylation is 1. The Balaban J connectivity index is 1.65. The van der Waals surface area contributed by atoms with Crippen LogP contribution in [0.5, 0.6) is 11.5 Å². The Bertz CT molecular complexity index is 987. The molecule has 10 heteroatoms. The Morgan fingerprint density at radius 2 is 1.97 bits per heavy atom. The largest absolute Gasteiger partial charge is 0.493 e. The van der Waals surface area contributed by atoms with Crippen LogP contribution in [0.15, 0.2) is 40.0 Å². The quantitative estimate of drug-likeness (QED) is 0.556. The Kier molecular flexibility index (Phi) is 6.42. The summed E-state index contributed by atoms with van der Waals surface area (Å²) >= 11 is 1.30. The van der Waals surface area contributed by atoms with Gasteiger partial charge in [-0.2, -0.15) is 0 Å². The number of nitrogens with zero attached hydrogens (tertiary/aromatic N) is 4. The third kappa shape index (κ3) is 4.89. The highest BCUT2D eigenvalue weighted by Gasteiger charge is 2.23. The van der Waals surface area contributed by atoms with E-state index in [4.69, 9.17) is 14.0 Å². The van der Waals surface area contributed by atoms with Gasteiger partial charge in [-0.25, -0.2) is 0 Å². The van der Waals surface area contributed by atoms with E-state index < -0.39 is 5.25 Å². The monoisotopic (exact) mass is 417 g/mol. The first kappa shape index (κ1) is 20.7. The average Bonchev–Trinajstić information content (AvgIpc) is 3.27. The highest BCUT2D eigenvalue weighted by Crippen LogP contribution is 2.31. The van der Waals surface area contributed by atoms with Gasteiger partial charge in [0.05, 0.1) is 12.4 Å². The first-order chi connectivity index (χ1) is 13.9. The van der Waals surface area contributed by atoms with Crippen LogP contribution in [0.3, 0.4) is 0 Å². The van der Waals surface area contributed by atoms with E-state index in [1.54, 1.807) is 27.0 Å². The van der Waals surface area contributed by atoms with Gasteiger partial charge in [0, 0.05) is 13.1 Å². The summed E-state index contributed by atoms with van der Waals surface area (Å²) < 4.78 is 18.1. The normalized spacial score (nSPS) is 13.0. The molecule has 0 fully saturated rings. The van der Waals surface area contributed by atoms with Crippen LogP contribution in [0.25, 0.3) is 0 Å². The van der Waals surface area contributed by atoms with Gasteiger partial charge in [-0.1, -0.05) is 29.1 Å². The average molecular weight is 417 g/mol. The van der Waals surface area contributed by atoms with Gasteiger partial charge in [-0.15, -0.1) is 10.2 Å². The molecule has 3 rings (SSSR count). The zero-order chi connectivity index (χ0) is 21.0. The molecule has 154 valence electrons. The van der Waals surface area contributed by atoms with Crippen LogP contribution < -0.4 is 14.8 Å². The summed E-state index contributed by atoms with van der Waals surface area (Å²) in [5.41, 5.74) is 0. The number of anilines is 1. The molecule has 3 aromatic rings. The maximum atomic E-state index is 12.4. The number of methoxy groups -OCH3 is 1. The second-order valence-electron chi connectivity index (χ2n) is 6.38. The molecule has 0 saturated carbocycles. The number of thioether (sulfide) groups is 1. The van der Waals surface area contributed by atoms with E-state index in [9.17, 15) is 4.79 Å². The van der Waals surface area contributed by atoms with Crippen molar-refractivity contribution in [3.63, 3.8) is 0 Å². The van der Waals surface area contributed by atoms with Gasteiger partial charge in [0.25, 0.3) is 0 Å². The minimum absolute atomic E-state index is 0.203. The summed E-state index contributed by atoms with van der Waals surface area (Å²) in [6.07, 6.45) is -0.361. The summed E-state index contributed by atoms with van der Waals surface area (Å²) in [4.78, 5) is 12.4. The van der Waals surface area contributed by atoms with E-state index in [2.05, 4.69) is 20.7 Å². The summed E-state index contributed by atoms with van der Waals surface area (Å²) in [5, 5.41) is 15.1. The van der Waals surface area contributed by atoms with Crippen LogP contribution in [0.4, 0.5) is 5.82 Å². The predicted octanol–water partition coefficient (Wildman–Crippen LogP) is 3.38. The Morgan fingerprint density at radius 1 is 1.24 bits per heavy atom. The molecule has 29 heavy (non-hydrogen) atoms. The lowest BCUT2D eigenvalue weighted by molar-refractivity contribution is -0.115. The fraction of sp³-hybridized carbons (Fsp3) is 0.368. The van der Waals surface area contributed by atoms with Crippen molar-refractivity contribution in [1.82, 2.24) is 19.9 Å². The van der Waals surface area contributed by atoms with E-state index in [1.807, 2.05) is 42.8 Å². The number of aromatic nitrogens is 4. The Hall–Kier alpha value is -3.01. The molecule has 0 radical (unpaired) electrons. The summed E-state index contributed by atoms with van der Waals surface area (Å²) in [6.45, 7) is 5.43. The van der Waals surface area contributed by atoms with Crippen molar-refractivity contribution in [2.45, 2.75) is 37.3 Å². The number of nitrogens with one attached hydrogen (secondary N) is 1. The first-order valence-electron chi connectivity index (χ1n) is 8.98. The van der Waals surface area contributed by atoms with Gasteiger partial charge in [-0.05, 0) is 32.9 Å². The number of para-hydroxylation sites is 2. The van der Waals surface area contributed by atoms with Crippen LogP contribution >= 0.6 is 11.8 Å². The molecule has 2 aromatic heterocycles. The van der Waals surface area contributed by atoms with Crippen molar-refractivity contribution in [1.29, 1.82) is 0 Å². The lowest BCUT2D eigenvalue weighted by Crippen LogP contribution is -2.23. The van der Waals surface area contributed by atoms with Crippen LogP contribution in [-0.2, 0) is 11.8 Å². The summed E-state index contributed by atoms with van der Waals surface area (Å²) in [6, 6.07) is 9.07. The molecule has 0 aliphatic heterocycles. The Morgan fingerprint density at radius 3 is 2.62 bits per heavy atom. The molecular weight excluding hydrogens is 394 g/mol. The van der Waals surface area contributed by atoms with Gasteiger partial charge in [0.1, 0.15) is 5.76 Å². The van der Waals surface area contributed by atoms with E-state index in [0.717, 1.165) is 0 Å². The molecule has 0 spiro atoms. The zero-order valence-electron chi connectivity index (χ0n) is 16.9. The molecule has 0 aliphatic carbocycles. The molecule has 1 N–H and O–H groups in total. The number of rotatable bonds is 8. The second-order valence-corrected chi connectivity index (χ2v) is 7.69. The minimum atomic E-state index is -0.409. The molecule has 1 aromatic carbocycles. The maximum Gasteiger partial charge on any atom is 0.238 e. The molecule has 0 bridgehead atoms. The van der Waals surface area contributed by atoms with E-state index in [1.165, 1.54) is 11.8 Å². The summed E-state index contributed by atoms with van der Waals surface area (Å²) in [7, 11) is 3.43. The molecule has 2 heterocycles. The molecular formula is C19H23N5O4S. The van der Waals surface area contributed by atoms with E-state index >= 15 is 0 Å². The standard InChI is InChI=1S/C19H23N5O4S/c1-11-10-16(23-28-11)20-18(25)13(3)29-19-22-21-17(24(19)4)12(2)27-15-9-7-6-8-14(15)26-5/h6-10,12-13H,1-5H3,(H,20,23,25). The number of carbonyl (C=O) groups excluding carboxylic acids is 1. The van der Waals surface area contributed by atoms with E-state index in [0.29, 0.717) is 34.1 Å². The van der Waals surface area contributed by atoms with Crippen molar-refractivity contribution in [3.8, 4) is 11.5 Å². The third-order valence-electron chi connectivity index (χ3n) is 4.14. The fourth-order valence-electron chi connectivity index (χ4n) is 2.61. The number of amides is 1. The Labute approximate surface area is 172 Å². The molecule has 1 amide bonds. The second kappa shape index (κ2) is 8.99. The first-order valence-corrected chi connectivity index (χ1v) is 9.86. The summed E-state index contributed by atoms with van der Waals surface area (Å²) in [5.74, 6) is 2.71. The van der Waals surface area contributed by atoms with Crippen molar-refractivity contribution < 1.29 is 18.8 Å². The number of ether oxygens (including phenoxy) is 2. The van der Waals surface area contributed by atoms with E-state index in [-0.39, 0.29) is 12.0 Å². The maximum absolute atomic E-state index is 12.4. The van der Waals surface area contributed by atoms with Crippen LogP contribution in [-0.4, -0.2) is 38.2 Å². The fourth-order valence-corrected chi connectivity index (χ4v) is 3.43. The molecule has 2 atom stereocenters. The van der Waals surface area contributed by atoms with Crippen molar-refractivity contribution in [2.24, 2.45) is 7.05 Å². The third-order valence-corrected chi connectivity index (χ3v) is 5.27. The lowest BCUT2D eigenvalue weighted by Gasteiger charge is -2.16. The van der Waals surface area contributed by atoms with Gasteiger partial charge in [0.2, 0.25) is 5.91 Å². The highest BCUT2D eigenvalue weighted by atomic mass is 32.2. The van der Waals surface area contributed by atoms with Crippen molar-refractivity contribution in [2.75, 3.05) is 12.4 Å². The minimum Gasteiger partial charge on any atom is -0.493 e. The van der Waals surface area contributed by atoms with Crippen LogP contribution in [0.2, 0.25) is 0 Å². The van der Waals surface area contributed by atoms with Crippen molar-refractivity contribution >= 4 is 23.5 Å². The van der Waals surface area contributed by atoms with Crippen LogP contribution in [0.1, 0.15) is 31.5 Å². The molecule has 0 aliphatic rings. The lowest BCUT2D eigenvalue weighted by atomic mass is 10.3. The smallest absolute Gasteiger partial charge is 0.238 e. The number of hydrogen-bond donors (Lipinski definition) is 1. The van der Waals surface area contributed by atoms with Gasteiger partial charge in [-0.3, -0.25) is 4.79 Å². The molecule has 0 saturated heterocycles. The zero-order valence-corrected chi connectivity index (χ0v) is 17.7. The van der Waals surface area contributed by atoms with Crippen LogP contribution in [0, 0.1) is 6.92 Å². The number of hydrogen-bond acceptors (Lipinski definition) is 8. The van der Waals surface area contributed by atoms with Gasteiger partial charge in [0.15, 0.2) is 34.4 Å². The topological polar surface area (TPSA) is 104 Å². The molecule has 9 nitrogen and oxygen atoms in total. The van der Waals surface area contributed by atoms with Gasteiger partial charge >= 0.3 is 0 Å². The molecule has 2 unspecified atom stereocenters. The van der Waals surface area contributed by atoms with Crippen molar-refractivity contribution in [3.05, 3.63) is 41.9 Å².